The van der Waals surface area contributed by atoms with Gasteiger partial charge in [-0.25, -0.2) is 22.3 Å². The molecule has 21 heavy (non-hydrogen) atoms. The second-order valence-corrected chi connectivity index (χ2v) is 6.88. The third-order valence-corrected chi connectivity index (χ3v) is 5.43. The summed E-state index contributed by atoms with van der Waals surface area (Å²) in [7, 11) is -4.04. The standard InChI is InChI=1S/C13H12FNO4S2/c1-8(9-4-2-3-5-10(9)14)15-21(18,19)11-6-7-20-12(11)13(16)17/h2-8,15H,1H3,(H,16,17)/t8-/m1/s1. The lowest BCUT2D eigenvalue weighted by molar-refractivity contribution is 0.0698. The van der Waals surface area contributed by atoms with E-state index in [1.807, 2.05) is 0 Å². The zero-order valence-electron chi connectivity index (χ0n) is 10.9. The molecule has 0 amide bonds. The first kappa shape index (κ1) is 15.6. The summed E-state index contributed by atoms with van der Waals surface area (Å²) in [4.78, 5) is 10.4. The van der Waals surface area contributed by atoms with Crippen molar-refractivity contribution < 1.29 is 22.7 Å². The van der Waals surface area contributed by atoms with Crippen molar-refractivity contribution >= 4 is 27.3 Å². The zero-order chi connectivity index (χ0) is 15.6. The van der Waals surface area contributed by atoms with Crippen LogP contribution in [0.25, 0.3) is 0 Å². The molecule has 8 heteroatoms. The van der Waals surface area contributed by atoms with Gasteiger partial charge in [0.05, 0.1) is 0 Å². The molecule has 0 spiro atoms. The minimum Gasteiger partial charge on any atom is -0.477 e. The van der Waals surface area contributed by atoms with E-state index in [0.717, 1.165) is 11.3 Å². The van der Waals surface area contributed by atoms with E-state index in [0.29, 0.717) is 0 Å². The summed E-state index contributed by atoms with van der Waals surface area (Å²) in [6.45, 7) is 1.49. The van der Waals surface area contributed by atoms with Crippen molar-refractivity contribution in [2.45, 2.75) is 17.9 Å². The molecule has 1 heterocycles. The van der Waals surface area contributed by atoms with Crippen LogP contribution in [0.3, 0.4) is 0 Å². The smallest absolute Gasteiger partial charge is 0.347 e. The minimum atomic E-state index is -4.04. The predicted octanol–water partition coefficient (Wildman–Crippen LogP) is 2.62. The Morgan fingerprint density at radius 2 is 2.00 bits per heavy atom. The monoisotopic (exact) mass is 329 g/mol. The van der Waals surface area contributed by atoms with Crippen LogP contribution in [-0.4, -0.2) is 19.5 Å². The number of hydrogen-bond donors (Lipinski definition) is 2. The lowest BCUT2D eigenvalue weighted by atomic mass is 10.1. The second kappa shape index (κ2) is 5.92. The Hall–Kier alpha value is -1.77. The SMILES string of the molecule is C[C@@H](NS(=O)(=O)c1ccsc1C(=O)O)c1ccccc1F. The quantitative estimate of drug-likeness (QED) is 0.883. The maximum Gasteiger partial charge on any atom is 0.347 e. The number of carboxylic acid groups (broad SMARTS) is 1. The van der Waals surface area contributed by atoms with Crippen molar-refractivity contribution in [2.24, 2.45) is 0 Å². The Morgan fingerprint density at radius 3 is 2.62 bits per heavy atom. The van der Waals surface area contributed by atoms with Crippen LogP contribution in [0.4, 0.5) is 4.39 Å². The van der Waals surface area contributed by atoms with Crippen LogP contribution in [-0.2, 0) is 10.0 Å². The van der Waals surface area contributed by atoms with Gasteiger partial charge >= 0.3 is 5.97 Å². The van der Waals surface area contributed by atoms with E-state index >= 15 is 0 Å². The van der Waals surface area contributed by atoms with Gasteiger partial charge in [0.25, 0.3) is 0 Å². The summed E-state index contributed by atoms with van der Waals surface area (Å²) in [6, 6.07) is 6.18. The average molecular weight is 329 g/mol. The largest absolute Gasteiger partial charge is 0.477 e. The lowest BCUT2D eigenvalue weighted by Gasteiger charge is -2.15. The fourth-order valence-electron chi connectivity index (χ4n) is 1.85. The van der Waals surface area contributed by atoms with Crippen LogP contribution in [0.5, 0.6) is 0 Å². The van der Waals surface area contributed by atoms with E-state index in [9.17, 15) is 17.6 Å². The number of benzene rings is 1. The van der Waals surface area contributed by atoms with Gasteiger partial charge in [-0.05, 0) is 24.4 Å². The van der Waals surface area contributed by atoms with E-state index in [1.54, 1.807) is 6.07 Å². The van der Waals surface area contributed by atoms with Crippen LogP contribution < -0.4 is 4.72 Å². The molecule has 2 rings (SSSR count). The van der Waals surface area contributed by atoms with Gasteiger partial charge in [0.2, 0.25) is 10.0 Å². The normalized spacial score (nSPS) is 13.0. The van der Waals surface area contributed by atoms with Gasteiger partial charge < -0.3 is 5.11 Å². The van der Waals surface area contributed by atoms with Crippen molar-refractivity contribution in [3.63, 3.8) is 0 Å². The molecule has 0 aliphatic heterocycles. The van der Waals surface area contributed by atoms with E-state index in [-0.39, 0.29) is 15.3 Å². The number of hydrogen-bond acceptors (Lipinski definition) is 4. The zero-order valence-corrected chi connectivity index (χ0v) is 12.5. The van der Waals surface area contributed by atoms with Gasteiger partial charge in [-0.2, -0.15) is 0 Å². The first-order chi connectivity index (χ1) is 9.83. The number of carbonyl (C=O) groups is 1. The third kappa shape index (κ3) is 3.29. The molecule has 2 N–H and O–H groups in total. The van der Waals surface area contributed by atoms with Gasteiger partial charge in [-0.3, -0.25) is 0 Å². The van der Waals surface area contributed by atoms with Crippen molar-refractivity contribution in [1.82, 2.24) is 4.72 Å². The fourth-order valence-corrected chi connectivity index (χ4v) is 4.33. The first-order valence-corrected chi connectivity index (χ1v) is 8.26. The first-order valence-electron chi connectivity index (χ1n) is 5.90. The summed E-state index contributed by atoms with van der Waals surface area (Å²) >= 11 is 0.818. The molecule has 0 aliphatic carbocycles. The molecular weight excluding hydrogens is 317 g/mol. The van der Waals surface area contributed by atoms with E-state index in [2.05, 4.69) is 4.72 Å². The van der Waals surface area contributed by atoms with Crippen LogP contribution >= 0.6 is 11.3 Å². The Kier molecular flexibility index (Phi) is 4.40. The third-order valence-electron chi connectivity index (χ3n) is 2.82. The molecule has 112 valence electrons. The molecule has 0 aliphatic rings. The number of carboxylic acids is 1. The summed E-state index contributed by atoms with van der Waals surface area (Å²) in [5, 5.41) is 10.4. The van der Waals surface area contributed by atoms with Gasteiger partial charge in [-0.15, -0.1) is 11.3 Å². The molecule has 0 fully saturated rings. The molecule has 1 atom stereocenters. The van der Waals surface area contributed by atoms with Crippen LogP contribution in [0.2, 0.25) is 0 Å². The van der Waals surface area contributed by atoms with Gasteiger partial charge in [-0.1, -0.05) is 18.2 Å². The van der Waals surface area contributed by atoms with E-state index in [1.165, 1.54) is 36.6 Å². The minimum absolute atomic E-state index is 0.188. The highest BCUT2D eigenvalue weighted by atomic mass is 32.2. The van der Waals surface area contributed by atoms with Crippen molar-refractivity contribution in [3.8, 4) is 0 Å². The molecule has 0 saturated heterocycles. The Labute approximate surface area is 125 Å². The summed E-state index contributed by atoms with van der Waals surface area (Å²) in [5.41, 5.74) is 0.188. The van der Waals surface area contributed by atoms with Crippen molar-refractivity contribution in [3.05, 3.63) is 52.0 Å². The Bertz CT molecular complexity index is 770. The predicted molar refractivity (Wildman–Crippen MR) is 76.4 cm³/mol. The molecule has 0 bridgehead atoms. The molecule has 1 aromatic heterocycles. The number of halogens is 1. The topological polar surface area (TPSA) is 83.5 Å². The summed E-state index contributed by atoms with van der Waals surface area (Å²) < 4.78 is 40.4. The molecule has 1 aromatic carbocycles. The van der Waals surface area contributed by atoms with Crippen LogP contribution in [0, 0.1) is 5.82 Å². The van der Waals surface area contributed by atoms with Gasteiger partial charge in [0.1, 0.15) is 15.6 Å². The number of aromatic carboxylic acids is 1. The molecule has 0 radical (unpaired) electrons. The lowest BCUT2D eigenvalue weighted by Crippen LogP contribution is -2.28. The van der Waals surface area contributed by atoms with Crippen LogP contribution in [0.1, 0.15) is 28.2 Å². The highest BCUT2D eigenvalue weighted by molar-refractivity contribution is 7.89. The van der Waals surface area contributed by atoms with Crippen LogP contribution in [0.15, 0.2) is 40.6 Å². The van der Waals surface area contributed by atoms with E-state index in [4.69, 9.17) is 5.11 Å². The molecule has 0 saturated carbocycles. The highest BCUT2D eigenvalue weighted by Crippen LogP contribution is 2.24. The Morgan fingerprint density at radius 1 is 1.33 bits per heavy atom. The Balaban J connectivity index is 2.32. The van der Waals surface area contributed by atoms with Gasteiger partial charge in [0, 0.05) is 11.6 Å². The maximum absolute atomic E-state index is 13.6. The number of thiophene rings is 1. The summed E-state index contributed by atoms with van der Waals surface area (Å²) in [5.74, 6) is -1.85. The number of nitrogens with one attached hydrogen (secondary N) is 1. The number of sulfonamides is 1. The number of rotatable bonds is 5. The van der Waals surface area contributed by atoms with E-state index < -0.39 is 27.9 Å². The maximum atomic E-state index is 13.6. The van der Waals surface area contributed by atoms with Gasteiger partial charge in [0.15, 0.2) is 0 Å². The highest BCUT2D eigenvalue weighted by Gasteiger charge is 2.26. The molecular formula is C13H12FNO4S2. The average Bonchev–Trinajstić information content (AvgIpc) is 2.88. The second-order valence-electron chi connectivity index (χ2n) is 4.28. The molecule has 5 nitrogen and oxygen atoms in total. The molecule has 2 aromatic rings. The van der Waals surface area contributed by atoms with Crippen molar-refractivity contribution in [1.29, 1.82) is 0 Å². The molecule has 0 unspecified atom stereocenters. The summed E-state index contributed by atoms with van der Waals surface area (Å²) in [6.07, 6.45) is 0. The van der Waals surface area contributed by atoms with Crippen molar-refractivity contribution in [2.75, 3.05) is 0 Å². The fraction of sp³-hybridized carbons (Fsp3) is 0.154.